The quantitative estimate of drug-likeness (QED) is 0.291. The molecule has 1 aliphatic heterocycles. The monoisotopic (exact) mass is 498 g/mol. The molecule has 0 unspecified atom stereocenters. The van der Waals surface area contributed by atoms with E-state index in [0.717, 1.165) is 9.80 Å². The van der Waals surface area contributed by atoms with Gasteiger partial charge in [0.25, 0.3) is 17.7 Å². The predicted octanol–water partition coefficient (Wildman–Crippen LogP) is 4.54. The maximum Gasteiger partial charge on any atom is 0.265 e. The van der Waals surface area contributed by atoms with Crippen molar-refractivity contribution in [3.05, 3.63) is 93.2 Å². The first-order valence-electron chi connectivity index (χ1n) is 9.69. The molecule has 2 heterocycles. The van der Waals surface area contributed by atoms with E-state index in [4.69, 9.17) is 35.8 Å². The lowest BCUT2D eigenvalue weighted by Crippen LogP contribution is -2.36. The number of rotatable bonds is 5. The minimum Gasteiger partial charge on any atom is -0.718 e. The number of nitrogens with zero attached hydrogens (tertiary/aromatic N) is 3. The second-order valence-electron chi connectivity index (χ2n) is 7.07. The van der Waals surface area contributed by atoms with E-state index < -0.39 is 23.0 Å². The Hall–Kier alpha value is -3.33. The maximum atomic E-state index is 13.3. The van der Waals surface area contributed by atoms with Crippen LogP contribution in [0, 0.1) is 0 Å². The molecule has 3 aromatic rings. The van der Waals surface area contributed by atoms with E-state index >= 15 is 0 Å². The number of imide groups is 2. The average Bonchev–Trinajstić information content (AvgIpc) is 3.03. The number of fused-ring (bicyclic) bond motifs is 1. The van der Waals surface area contributed by atoms with Gasteiger partial charge < -0.3 is 17.4 Å². The Kier molecular flexibility index (Phi) is 6.42. The highest BCUT2D eigenvalue weighted by atomic mass is 35.5. The van der Waals surface area contributed by atoms with E-state index in [-0.39, 0.29) is 35.1 Å². The number of amides is 4. The first-order chi connectivity index (χ1) is 15.8. The van der Waals surface area contributed by atoms with Crippen molar-refractivity contribution in [2.45, 2.75) is 6.42 Å². The summed E-state index contributed by atoms with van der Waals surface area (Å²) < 4.78 is 0. The molecule has 0 spiro atoms. The summed E-state index contributed by atoms with van der Waals surface area (Å²) in [4.78, 5) is 56.8. The lowest BCUT2D eigenvalue weighted by molar-refractivity contribution is 0.0655. The fourth-order valence-corrected chi connectivity index (χ4v) is 4.02. The van der Waals surface area contributed by atoms with Crippen molar-refractivity contribution in [1.82, 2.24) is 9.88 Å². The molecule has 0 radical (unpaired) electrons. The van der Waals surface area contributed by atoms with E-state index in [1.54, 1.807) is 24.3 Å². The molecule has 166 valence electrons. The Balaban J connectivity index is 1.62. The molecular weight excluding hydrogens is 485 g/mol. The number of hydrogen-bond donors (Lipinski definition) is 0. The van der Waals surface area contributed by atoms with Crippen LogP contribution in [0.4, 0.5) is 10.5 Å². The van der Waals surface area contributed by atoms with Gasteiger partial charge in [-0.25, -0.2) is 4.98 Å². The summed E-state index contributed by atoms with van der Waals surface area (Å²) in [5.41, 5.74) is 1.18. The maximum absolute atomic E-state index is 13.3. The van der Waals surface area contributed by atoms with Crippen LogP contribution in [0.25, 0.3) is 0 Å². The van der Waals surface area contributed by atoms with Crippen molar-refractivity contribution in [2.75, 3.05) is 11.4 Å². The van der Waals surface area contributed by atoms with Gasteiger partial charge in [-0.1, -0.05) is 35.3 Å². The highest BCUT2D eigenvalue weighted by Gasteiger charge is 2.35. The number of anilines is 1. The Labute approximate surface area is 204 Å². The van der Waals surface area contributed by atoms with Gasteiger partial charge in [-0.15, -0.1) is 0 Å². The van der Waals surface area contributed by atoms with Gasteiger partial charge in [0.2, 0.25) is 0 Å². The topological polar surface area (TPSA) is 87.7 Å². The molecule has 10 heteroatoms. The van der Waals surface area contributed by atoms with Crippen LogP contribution >= 0.6 is 23.2 Å². The number of benzene rings is 2. The van der Waals surface area contributed by atoms with E-state index in [1.807, 2.05) is 0 Å². The van der Waals surface area contributed by atoms with Gasteiger partial charge in [-0.3, -0.25) is 24.2 Å². The van der Waals surface area contributed by atoms with Gasteiger partial charge in [0.05, 0.1) is 28.1 Å². The highest BCUT2D eigenvalue weighted by molar-refractivity contribution is 7.77. The fraction of sp³-hybridized carbons (Fsp3) is 0.0870. The van der Waals surface area contributed by atoms with Gasteiger partial charge in [0.1, 0.15) is 10.4 Å². The van der Waals surface area contributed by atoms with Crippen molar-refractivity contribution >= 4 is 64.5 Å². The minimum atomic E-state index is -0.913. The molecule has 0 bridgehead atoms. The third kappa shape index (κ3) is 4.45. The molecule has 0 aliphatic carbocycles. The second kappa shape index (κ2) is 9.27. The van der Waals surface area contributed by atoms with Crippen LogP contribution in [0.5, 0.6) is 0 Å². The zero-order valence-corrected chi connectivity index (χ0v) is 19.2. The van der Waals surface area contributed by atoms with Crippen LogP contribution < -0.4 is 4.90 Å². The Morgan fingerprint density at radius 3 is 2.09 bits per heavy atom. The van der Waals surface area contributed by atoms with E-state index in [0.29, 0.717) is 16.1 Å². The third-order valence-electron chi connectivity index (χ3n) is 5.09. The molecule has 1 aromatic heterocycles. The van der Waals surface area contributed by atoms with E-state index in [2.05, 4.69) is 4.98 Å². The van der Waals surface area contributed by atoms with Crippen molar-refractivity contribution in [2.24, 2.45) is 0 Å². The van der Waals surface area contributed by atoms with Gasteiger partial charge >= 0.3 is 0 Å². The van der Waals surface area contributed by atoms with Crippen molar-refractivity contribution in [3.63, 3.8) is 0 Å². The summed E-state index contributed by atoms with van der Waals surface area (Å²) in [5.74, 6) is -1.55. The zero-order valence-electron chi connectivity index (χ0n) is 16.8. The standard InChI is InChI=1S/C23H15Cl2N3O4S/c24-13-5-7-14(8-6-13)28(23(32)33)22(31)17-9-10-19(25)26-18(17)11-12-27-20(29)15-3-1-2-4-16(15)21(27)30/h1-10H,11-12H2,(H,32,33)/p-1. The number of hydrogen-bond acceptors (Lipinski definition) is 6. The second-order valence-corrected chi connectivity index (χ2v) is 8.24. The lowest BCUT2D eigenvalue weighted by Gasteiger charge is -2.25. The molecule has 0 atom stereocenters. The largest absolute Gasteiger partial charge is 0.718 e. The summed E-state index contributed by atoms with van der Waals surface area (Å²) in [6.07, 6.45) is 0.0488. The van der Waals surface area contributed by atoms with Crippen LogP contribution in [0.3, 0.4) is 0 Å². The van der Waals surface area contributed by atoms with Gasteiger partial charge in [-0.05, 0) is 48.5 Å². The average molecular weight is 499 g/mol. The minimum absolute atomic E-state index is 0.0251. The predicted molar refractivity (Wildman–Crippen MR) is 126 cm³/mol. The molecular formula is C23H14Cl2N3O4S-. The first kappa shape index (κ1) is 22.8. The van der Waals surface area contributed by atoms with Crippen molar-refractivity contribution in [3.8, 4) is 0 Å². The summed E-state index contributed by atoms with van der Waals surface area (Å²) in [7, 11) is 0. The lowest BCUT2D eigenvalue weighted by atomic mass is 10.1. The number of halogens is 2. The number of pyridine rings is 1. The zero-order chi connectivity index (χ0) is 23.7. The van der Waals surface area contributed by atoms with Gasteiger partial charge in [0, 0.05) is 18.0 Å². The van der Waals surface area contributed by atoms with Crippen molar-refractivity contribution < 1.29 is 19.2 Å². The fourth-order valence-electron chi connectivity index (χ4n) is 3.54. The first-order valence-corrected chi connectivity index (χ1v) is 10.9. The van der Waals surface area contributed by atoms with Crippen LogP contribution in [0.2, 0.25) is 10.2 Å². The normalized spacial score (nSPS) is 12.6. The molecule has 1 aliphatic rings. The molecule has 7 nitrogen and oxygen atoms in total. The smallest absolute Gasteiger partial charge is 0.265 e. The molecule has 4 amide bonds. The number of carbonyl (C=O) groups excluding carboxylic acids is 4. The summed E-state index contributed by atoms with van der Waals surface area (Å²) in [6, 6.07) is 15.4. The van der Waals surface area contributed by atoms with Gasteiger partial charge in [0.15, 0.2) is 0 Å². The summed E-state index contributed by atoms with van der Waals surface area (Å²) in [6.45, 7) is -0.0251. The molecule has 0 saturated carbocycles. The Morgan fingerprint density at radius 2 is 1.52 bits per heavy atom. The number of aromatic nitrogens is 1. The molecule has 0 fully saturated rings. The molecule has 33 heavy (non-hydrogen) atoms. The third-order valence-corrected chi connectivity index (χ3v) is 5.74. The van der Waals surface area contributed by atoms with Crippen LogP contribution in [-0.4, -0.2) is 39.4 Å². The van der Waals surface area contributed by atoms with Crippen molar-refractivity contribution in [1.29, 1.82) is 0 Å². The van der Waals surface area contributed by atoms with Crippen LogP contribution in [0.15, 0.2) is 60.7 Å². The summed E-state index contributed by atoms with van der Waals surface area (Å²) in [5, 5.41) is -0.368. The molecule has 0 saturated heterocycles. The highest BCUT2D eigenvalue weighted by Crippen LogP contribution is 2.25. The Bertz CT molecular complexity index is 1260. The SMILES string of the molecule is O=C1c2ccccc2C(=O)N1CCc1nc(Cl)ccc1C(=O)N(C(=O)[S-])c1ccc(Cl)cc1. The van der Waals surface area contributed by atoms with E-state index in [9.17, 15) is 19.2 Å². The molecule has 2 aromatic carbocycles. The number of carbonyl (C=O) groups is 4. The Morgan fingerprint density at radius 1 is 0.909 bits per heavy atom. The van der Waals surface area contributed by atoms with E-state index in [1.165, 1.54) is 36.4 Å². The summed E-state index contributed by atoms with van der Waals surface area (Å²) >= 11 is 16.7. The molecule has 4 rings (SSSR count). The van der Waals surface area contributed by atoms with Crippen LogP contribution in [0.1, 0.15) is 36.8 Å². The van der Waals surface area contributed by atoms with Gasteiger partial charge in [-0.2, -0.15) is 0 Å². The molecule has 0 N–H and O–H groups in total. The van der Waals surface area contributed by atoms with Crippen LogP contribution in [-0.2, 0) is 19.0 Å².